The Bertz CT molecular complexity index is 1210. The quantitative estimate of drug-likeness (QED) is 0.240. The Morgan fingerprint density at radius 1 is 1.03 bits per heavy atom. The number of hydrogen-bond donors (Lipinski definition) is 0. The molecule has 1 fully saturated rings. The van der Waals surface area contributed by atoms with E-state index in [4.69, 9.17) is 23.2 Å². The lowest BCUT2D eigenvalue weighted by atomic mass is 10.2. The van der Waals surface area contributed by atoms with Crippen LogP contribution in [0.25, 0.3) is 11.8 Å². The van der Waals surface area contributed by atoms with Crippen molar-refractivity contribution in [3.63, 3.8) is 0 Å². The van der Waals surface area contributed by atoms with E-state index in [1.54, 1.807) is 24.3 Å². The highest BCUT2D eigenvalue weighted by atomic mass is 127. The number of nitrogens with zero attached hydrogens (tertiary/aromatic N) is 2. The summed E-state index contributed by atoms with van der Waals surface area (Å²) in [6.07, 6.45) is 1.78. The van der Waals surface area contributed by atoms with Gasteiger partial charge in [-0.05, 0) is 102 Å². The molecule has 1 aliphatic heterocycles. The second-order valence-corrected chi connectivity index (χ2v) is 10.2. The molecular formula is C23H17Cl2IN2O2S. The summed E-state index contributed by atoms with van der Waals surface area (Å²) < 4.78 is 3.30. The predicted molar refractivity (Wildman–Crippen MR) is 136 cm³/mol. The minimum Gasteiger partial charge on any atom is -0.318 e. The predicted octanol–water partition coefficient (Wildman–Crippen LogP) is 7.24. The molecule has 1 aromatic heterocycles. The van der Waals surface area contributed by atoms with Gasteiger partial charge in [0.05, 0.1) is 11.4 Å². The molecule has 0 aliphatic carbocycles. The Labute approximate surface area is 208 Å². The van der Waals surface area contributed by atoms with Gasteiger partial charge in [-0.25, -0.2) is 0 Å². The lowest BCUT2D eigenvalue weighted by Gasteiger charge is -2.14. The highest BCUT2D eigenvalue weighted by molar-refractivity contribution is 14.1. The van der Waals surface area contributed by atoms with Crippen molar-refractivity contribution in [1.82, 2.24) is 9.47 Å². The highest BCUT2D eigenvalue weighted by Gasteiger charge is 2.36. The molecule has 31 heavy (non-hydrogen) atoms. The van der Waals surface area contributed by atoms with E-state index in [0.717, 1.165) is 38.0 Å². The first-order valence-corrected chi connectivity index (χ1v) is 12.0. The standard InChI is InChI=1S/C23H17Cl2IN2O2S/c1-13-10-15(14(2)28(13)17-8-6-16(26)7-9-17)11-21-22(29)27(23(30)31-21)12-18-19(24)4-3-5-20(18)25/h3-11H,12H2,1-2H3/b21-11-. The van der Waals surface area contributed by atoms with Crippen molar-refractivity contribution in [3.05, 3.63) is 89.6 Å². The van der Waals surface area contributed by atoms with Gasteiger partial charge in [0.15, 0.2) is 0 Å². The first kappa shape index (κ1) is 22.5. The van der Waals surface area contributed by atoms with Gasteiger partial charge in [-0.15, -0.1) is 0 Å². The Balaban J connectivity index is 1.64. The maximum absolute atomic E-state index is 13.0. The molecule has 1 saturated heterocycles. The molecule has 1 aliphatic rings. The number of aryl methyl sites for hydroxylation is 1. The summed E-state index contributed by atoms with van der Waals surface area (Å²) >= 11 is 15.6. The molecule has 4 rings (SSSR count). The second kappa shape index (κ2) is 9.02. The monoisotopic (exact) mass is 582 g/mol. The highest BCUT2D eigenvalue weighted by Crippen LogP contribution is 2.36. The zero-order valence-corrected chi connectivity index (χ0v) is 21.1. The zero-order chi connectivity index (χ0) is 22.3. The van der Waals surface area contributed by atoms with E-state index >= 15 is 0 Å². The summed E-state index contributed by atoms with van der Waals surface area (Å²) in [5.74, 6) is -0.343. The molecule has 0 atom stereocenters. The van der Waals surface area contributed by atoms with Gasteiger partial charge in [0, 0.05) is 36.3 Å². The first-order valence-electron chi connectivity index (χ1n) is 9.39. The van der Waals surface area contributed by atoms with Crippen LogP contribution in [0.15, 0.2) is 53.4 Å². The van der Waals surface area contributed by atoms with E-state index in [-0.39, 0.29) is 17.7 Å². The largest absolute Gasteiger partial charge is 0.318 e. The molecule has 2 amide bonds. The molecule has 0 saturated carbocycles. The third kappa shape index (κ3) is 4.44. The fraction of sp³-hybridized carbons (Fsp3) is 0.130. The summed E-state index contributed by atoms with van der Waals surface area (Å²) in [6, 6.07) is 15.4. The maximum Gasteiger partial charge on any atom is 0.293 e. The fourth-order valence-electron chi connectivity index (χ4n) is 3.54. The average molecular weight is 583 g/mol. The number of benzene rings is 2. The molecule has 8 heteroatoms. The zero-order valence-electron chi connectivity index (χ0n) is 16.7. The van der Waals surface area contributed by atoms with Crippen LogP contribution in [0.5, 0.6) is 0 Å². The van der Waals surface area contributed by atoms with Crippen LogP contribution in [0.4, 0.5) is 4.79 Å². The van der Waals surface area contributed by atoms with E-state index in [0.29, 0.717) is 20.5 Å². The first-order chi connectivity index (χ1) is 14.8. The molecule has 0 unspecified atom stereocenters. The van der Waals surface area contributed by atoms with Gasteiger partial charge in [-0.3, -0.25) is 14.5 Å². The normalized spacial score (nSPS) is 15.4. The molecule has 2 aromatic carbocycles. The maximum atomic E-state index is 13.0. The van der Waals surface area contributed by atoms with Crippen molar-refractivity contribution < 1.29 is 9.59 Å². The van der Waals surface area contributed by atoms with E-state index < -0.39 is 0 Å². The van der Waals surface area contributed by atoms with Crippen LogP contribution in [-0.2, 0) is 11.3 Å². The van der Waals surface area contributed by atoms with Crippen molar-refractivity contribution in [2.45, 2.75) is 20.4 Å². The van der Waals surface area contributed by atoms with Gasteiger partial charge < -0.3 is 4.57 Å². The average Bonchev–Trinajstić information content (AvgIpc) is 3.15. The Kier molecular flexibility index (Phi) is 6.53. The van der Waals surface area contributed by atoms with Gasteiger partial charge in [-0.1, -0.05) is 29.3 Å². The number of halogens is 3. The van der Waals surface area contributed by atoms with Crippen LogP contribution in [0.3, 0.4) is 0 Å². The molecule has 4 nitrogen and oxygen atoms in total. The lowest BCUT2D eigenvalue weighted by Crippen LogP contribution is -2.27. The number of hydrogen-bond acceptors (Lipinski definition) is 3. The second-order valence-electron chi connectivity index (χ2n) is 7.11. The third-order valence-electron chi connectivity index (χ3n) is 5.09. The van der Waals surface area contributed by atoms with Crippen LogP contribution in [0, 0.1) is 17.4 Å². The van der Waals surface area contributed by atoms with Crippen LogP contribution in [0.1, 0.15) is 22.5 Å². The molecule has 158 valence electrons. The molecule has 2 heterocycles. The van der Waals surface area contributed by atoms with E-state index in [1.165, 1.54) is 4.90 Å². The van der Waals surface area contributed by atoms with Gasteiger partial charge in [0.25, 0.3) is 11.1 Å². The van der Waals surface area contributed by atoms with Crippen molar-refractivity contribution in [2.24, 2.45) is 0 Å². The lowest BCUT2D eigenvalue weighted by molar-refractivity contribution is -0.123. The SMILES string of the molecule is Cc1cc(/C=C2\SC(=O)N(Cc3c(Cl)cccc3Cl)C2=O)c(C)n1-c1ccc(I)cc1. The number of amides is 2. The topological polar surface area (TPSA) is 42.3 Å². The molecule has 0 spiro atoms. The van der Waals surface area contributed by atoms with Gasteiger partial charge in [-0.2, -0.15) is 0 Å². The van der Waals surface area contributed by atoms with Crippen molar-refractivity contribution in [1.29, 1.82) is 0 Å². The number of carbonyl (C=O) groups is 2. The number of rotatable bonds is 4. The van der Waals surface area contributed by atoms with Crippen molar-refractivity contribution in [2.75, 3.05) is 0 Å². The minimum absolute atomic E-state index is 0.0438. The Hall–Kier alpha value is -1.74. The van der Waals surface area contributed by atoms with Crippen LogP contribution < -0.4 is 0 Å². The summed E-state index contributed by atoms with van der Waals surface area (Å²) in [5, 5.41) is 0.520. The number of aromatic nitrogens is 1. The summed E-state index contributed by atoms with van der Waals surface area (Å²) in [6.45, 7) is 4.07. The van der Waals surface area contributed by atoms with Gasteiger partial charge in [0.2, 0.25) is 0 Å². The summed E-state index contributed by atoms with van der Waals surface area (Å²) in [7, 11) is 0. The van der Waals surface area contributed by atoms with E-state index in [1.807, 2.05) is 19.9 Å². The van der Waals surface area contributed by atoms with Gasteiger partial charge in [0.1, 0.15) is 0 Å². The minimum atomic E-state index is -0.343. The van der Waals surface area contributed by atoms with Crippen molar-refractivity contribution in [3.8, 4) is 5.69 Å². The smallest absolute Gasteiger partial charge is 0.293 e. The fourth-order valence-corrected chi connectivity index (χ4v) is 5.25. The third-order valence-corrected chi connectivity index (χ3v) is 7.43. The summed E-state index contributed by atoms with van der Waals surface area (Å²) in [5.41, 5.74) is 4.56. The van der Waals surface area contributed by atoms with E-state index in [2.05, 4.69) is 51.4 Å². The number of thioether (sulfide) groups is 1. The van der Waals surface area contributed by atoms with E-state index in [9.17, 15) is 9.59 Å². The van der Waals surface area contributed by atoms with Crippen LogP contribution >= 0.6 is 57.6 Å². The van der Waals surface area contributed by atoms with Gasteiger partial charge >= 0.3 is 0 Å². The Morgan fingerprint density at radius 2 is 1.68 bits per heavy atom. The van der Waals surface area contributed by atoms with Crippen LogP contribution in [-0.4, -0.2) is 20.6 Å². The molecule has 0 radical (unpaired) electrons. The number of carbonyl (C=O) groups excluding carboxylic acids is 2. The van der Waals surface area contributed by atoms with Crippen molar-refractivity contribution >= 4 is 74.8 Å². The molecule has 3 aromatic rings. The van der Waals surface area contributed by atoms with Crippen LogP contribution in [0.2, 0.25) is 10.0 Å². The molecule has 0 bridgehead atoms. The summed E-state index contributed by atoms with van der Waals surface area (Å²) in [4.78, 5) is 27.1. The molecular weight excluding hydrogens is 566 g/mol. The Morgan fingerprint density at radius 3 is 2.32 bits per heavy atom. The number of imide groups is 1. The molecule has 0 N–H and O–H groups in total.